The monoisotopic (exact) mass is 565 g/mol. The number of fused-ring (bicyclic) bond motifs is 1. The minimum atomic E-state index is -4.63. The molecule has 14 heteroatoms. The number of carbonyl (C=O) groups excluding carboxylic acids is 1. The highest BCUT2D eigenvalue weighted by Crippen LogP contribution is 2.36. The summed E-state index contributed by atoms with van der Waals surface area (Å²) in [7, 11) is 0. The Morgan fingerprint density at radius 3 is 2.62 bits per heavy atom. The molecule has 4 heterocycles. The third-order valence-corrected chi connectivity index (χ3v) is 7.26. The minimum absolute atomic E-state index is 0.0397. The van der Waals surface area contributed by atoms with E-state index in [-0.39, 0.29) is 16.4 Å². The number of aromatic nitrogens is 4. The van der Waals surface area contributed by atoms with E-state index >= 15 is 0 Å². The van der Waals surface area contributed by atoms with Crippen LogP contribution in [0.15, 0.2) is 29.1 Å². The van der Waals surface area contributed by atoms with E-state index in [1.807, 2.05) is 17.9 Å². The largest absolute Gasteiger partial charge is 0.416 e. The van der Waals surface area contributed by atoms with Gasteiger partial charge >= 0.3 is 6.18 Å². The maximum Gasteiger partial charge on any atom is 0.416 e. The molecule has 0 radical (unpaired) electrons. The summed E-state index contributed by atoms with van der Waals surface area (Å²) in [5, 5.41) is 7.46. The van der Waals surface area contributed by atoms with Gasteiger partial charge in [-0.3, -0.25) is 14.2 Å². The molecule has 0 bridgehead atoms. The van der Waals surface area contributed by atoms with Crippen LogP contribution in [0.3, 0.4) is 0 Å². The Morgan fingerprint density at radius 2 is 2.03 bits per heavy atom. The molecule has 5 rings (SSSR count). The topological polar surface area (TPSA) is 120 Å². The summed E-state index contributed by atoms with van der Waals surface area (Å²) in [6.45, 7) is 4.98. The summed E-state index contributed by atoms with van der Waals surface area (Å²) in [4.78, 5) is 33.5. The van der Waals surface area contributed by atoms with Crippen LogP contribution in [-0.4, -0.2) is 64.5 Å². The summed E-state index contributed by atoms with van der Waals surface area (Å²) >= 11 is 6.35. The number of ether oxygens (including phenoxy) is 1. The van der Waals surface area contributed by atoms with Gasteiger partial charge in [-0.25, -0.2) is 0 Å². The average Bonchev–Trinajstić information content (AvgIpc) is 3.37. The van der Waals surface area contributed by atoms with Gasteiger partial charge in [-0.15, -0.1) is 5.10 Å². The van der Waals surface area contributed by atoms with Crippen LogP contribution in [0.4, 0.5) is 18.9 Å². The maximum absolute atomic E-state index is 13.9. The second-order valence-corrected chi connectivity index (χ2v) is 9.71. The lowest BCUT2D eigenvalue weighted by Crippen LogP contribution is -2.47. The van der Waals surface area contributed by atoms with Crippen molar-refractivity contribution in [1.29, 1.82) is 0 Å². The van der Waals surface area contributed by atoms with E-state index in [9.17, 15) is 22.8 Å². The fraction of sp³-hybridized carbons (Fsp3) is 0.440. The van der Waals surface area contributed by atoms with E-state index in [4.69, 9.17) is 22.1 Å². The number of benzene rings is 1. The van der Waals surface area contributed by atoms with Gasteiger partial charge in [0.15, 0.2) is 5.82 Å². The van der Waals surface area contributed by atoms with Crippen LogP contribution >= 0.6 is 11.6 Å². The van der Waals surface area contributed by atoms with E-state index < -0.39 is 29.2 Å². The predicted molar refractivity (Wildman–Crippen MR) is 139 cm³/mol. The Kier molecular flexibility index (Phi) is 7.40. The first-order chi connectivity index (χ1) is 18.6. The van der Waals surface area contributed by atoms with E-state index in [1.54, 1.807) is 0 Å². The number of hydrogen-bond donors (Lipinski definition) is 2. The second-order valence-electron chi connectivity index (χ2n) is 9.30. The van der Waals surface area contributed by atoms with Gasteiger partial charge in [0.25, 0.3) is 5.56 Å². The number of halogens is 4. The van der Waals surface area contributed by atoms with Gasteiger partial charge < -0.3 is 20.7 Å². The van der Waals surface area contributed by atoms with Gasteiger partial charge in [-0.1, -0.05) is 30.7 Å². The van der Waals surface area contributed by atoms with Crippen molar-refractivity contribution >= 4 is 34.5 Å². The van der Waals surface area contributed by atoms with E-state index in [0.717, 1.165) is 28.3 Å². The number of hydrogen-bond acceptors (Lipinski definition) is 7. The van der Waals surface area contributed by atoms with Crippen LogP contribution in [0.1, 0.15) is 42.0 Å². The van der Waals surface area contributed by atoms with Crippen molar-refractivity contribution in [3.05, 3.63) is 62.3 Å². The second kappa shape index (κ2) is 10.6. The zero-order chi connectivity index (χ0) is 27.9. The molecule has 2 aliphatic heterocycles. The lowest BCUT2D eigenvalue weighted by molar-refractivity contribution is -0.137. The van der Waals surface area contributed by atoms with Gasteiger partial charge in [0.1, 0.15) is 11.7 Å². The van der Waals surface area contributed by atoms with Crippen LogP contribution < -0.4 is 21.5 Å². The number of anilines is 1. The van der Waals surface area contributed by atoms with Crippen molar-refractivity contribution in [2.24, 2.45) is 5.73 Å². The average molecular weight is 566 g/mol. The fourth-order valence-electron chi connectivity index (χ4n) is 5.08. The predicted octanol–water partition coefficient (Wildman–Crippen LogP) is 2.41. The summed E-state index contributed by atoms with van der Waals surface area (Å²) in [6.07, 6.45) is -1.98. The van der Waals surface area contributed by atoms with Gasteiger partial charge in [0.2, 0.25) is 11.7 Å². The number of alkyl halides is 3. The Morgan fingerprint density at radius 1 is 1.28 bits per heavy atom. The third-order valence-electron chi connectivity index (χ3n) is 6.93. The van der Waals surface area contributed by atoms with Crippen LogP contribution in [0, 0.1) is 0 Å². The molecule has 0 saturated carbocycles. The molecule has 208 valence electrons. The van der Waals surface area contributed by atoms with E-state index in [2.05, 4.69) is 15.4 Å². The van der Waals surface area contributed by atoms with E-state index in [0.29, 0.717) is 69.4 Å². The molecule has 3 N–H and O–H groups in total. The van der Waals surface area contributed by atoms with Gasteiger partial charge in [-0.05, 0) is 30.5 Å². The van der Waals surface area contributed by atoms with Crippen LogP contribution in [0.5, 0.6) is 0 Å². The molecule has 2 aromatic heterocycles. The lowest BCUT2D eigenvalue weighted by atomic mass is 10.0. The highest BCUT2D eigenvalue weighted by atomic mass is 35.5. The molecule has 39 heavy (non-hydrogen) atoms. The number of nitrogens with one attached hydrogen (secondary N) is 1. The molecular formula is C25H27ClF3N7O3. The zero-order valence-electron chi connectivity index (χ0n) is 21.1. The van der Waals surface area contributed by atoms with Crippen molar-refractivity contribution in [2.45, 2.75) is 32.0 Å². The molecule has 3 aromatic rings. The smallest absolute Gasteiger partial charge is 0.377 e. The molecule has 0 aliphatic carbocycles. The number of nitrogens with two attached hydrogens (primary N) is 1. The van der Waals surface area contributed by atoms with Gasteiger partial charge in [-0.2, -0.15) is 22.7 Å². The quantitative estimate of drug-likeness (QED) is 0.471. The molecule has 1 aromatic carbocycles. The van der Waals surface area contributed by atoms with Gasteiger partial charge in [0, 0.05) is 36.8 Å². The summed E-state index contributed by atoms with van der Waals surface area (Å²) < 4.78 is 48.1. The first kappa shape index (κ1) is 27.2. The Labute approximate surface area is 226 Å². The number of primary amides is 1. The Hall–Kier alpha value is -3.42. The molecule has 0 spiro atoms. The highest BCUT2D eigenvalue weighted by Gasteiger charge is 2.35. The van der Waals surface area contributed by atoms with Crippen LogP contribution in [-0.2, 0) is 22.1 Å². The Balaban J connectivity index is 1.81. The SMILES string of the molecule is CCc1c(N2CCNCC2)c(=O)n2nc(C3=CCOCC3)nc2n1C(C(N)=O)c1ccc(C(F)(F)F)cc1Cl. The first-order valence-corrected chi connectivity index (χ1v) is 12.9. The number of piperazine rings is 1. The molecule has 1 atom stereocenters. The third kappa shape index (κ3) is 5.01. The Bertz CT molecular complexity index is 1510. The van der Waals surface area contributed by atoms with Crippen molar-refractivity contribution in [3.8, 4) is 0 Å². The molecule has 10 nitrogen and oxygen atoms in total. The molecule has 1 fully saturated rings. The number of nitrogens with zero attached hydrogens (tertiary/aromatic N) is 5. The zero-order valence-corrected chi connectivity index (χ0v) is 21.8. The number of amides is 1. The molecular weight excluding hydrogens is 539 g/mol. The fourth-order valence-corrected chi connectivity index (χ4v) is 5.36. The first-order valence-electron chi connectivity index (χ1n) is 12.5. The lowest BCUT2D eigenvalue weighted by Gasteiger charge is -2.32. The molecule has 1 amide bonds. The van der Waals surface area contributed by atoms with Crippen molar-refractivity contribution in [2.75, 3.05) is 44.3 Å². The van der Waals surface area contributed by atoms with Crippen molar-refractivity contribution in [3.63, 3.8) is 0 Å². The van der Waals surface area contributed by atoms with Crippen LogP contribution in [0.2, 0.25) is 5.02 Å². The normalized spacial score (nSPS) is 17.4. The van der Waals surface area contributed by atoms with Gasteiger partial charge in [0.05, 0.1) is 24.5 Å². The molecule has 1 saturated heterocycles. The summed E-state index contributed by atoms with van der Waals surface area (Å²) in [6, 6.07) is 1.39. The van der Waals surface area contributed by atoms with Crippen molar-refractivity contribution in [1.82, 2.24) is 24.5 Å². The summed E-state index contributed by atoms with van der Waals surface area (Å²) in [5.41, 5.74) is 6.14. The standard InChI is InChI=1S/C25H27ClF3N7O3/c1-2-18-20(34-9-7-31-8-10-34)23(38)36-24(32-22(33-36)14-5-11-39-12-6-14)35(18)19(21(30)37)16-4-3-15(13-17(16)26)25(27,28)29/h3-5,13,19,31H,2,6-12H2,1H3,(H2,30,37). The molecule has 2 aliphatic rings. The molecule has 1 unspecified atom stereocenters. The van der Waals surface area contributed by atoms with Crippen molar-refractivity contribution < 1.29 is 22.7 Å². The van der Waals surface area contributed by atoms with Crippen LogP contribution in [0.25, 0.3) is 11.4 Å². The number of rotatable bonds is 6. The minimum Gasteiger partial charge on any atom is -0.377 e. The maximum atomic E-state index is 13.9. The number of carbonyl (C=O) groups is 1. The highest BCUT2D eigenvalue weighted by molar-refractivity contribution is 6.31. The summed E-state index contributed by atoms with van der Waals surface area (Å²) in [5.74, 6) is -0.540. The van der Waals surface area contributed by atoms with E-state index in [1.165, 1.54) is 4.57 Å².